The Balaban J connectivity index is 1.55. The van der Waals surface area contributed by atoms with Gasteiger partial charge in [-0.1, -0.05) is 19.1 Å². The maximum Gasteiger partial charge on any atom is 0.145 e. The van der Waals surface area contributed by atoms with Crippen LogP contribution in [0.2, 0.25) is 0 Å². The maximum absolute atomic E-state index is 11.3. The number of Topliss-reactive ketones (excluding diaryl/α,β-unsaturated/α-hetero) is 1. The molecule has 1 fully saturated rings. The highest BCUT2D eigenvalue weighted by molar-refractivity contribution is 5.76. The van der Waals surface area contributed by atoms with Gasteiger partial charge in [0.1, 0.15) is 29.1 Å². The molecule has 0 bridgehead atoms. The molecule has 2 aromatic rings. The summed E-state index contributed by atoms with van der Waals surface area (Å²) < 4.78 is 17.4. The number of methoxy groups -OCH3 is 1. The van der Waals surface area contributed by atoms with Crippen LogP contribution in [0.4, 0.5) is 5.69 Å². The third kappa shape index (κ3) is 5.43. The molecule has 0 unspecified atom stereocenters. The number of ketones is 1. The van der Waals surface area contributed by atoms with Gasteiger partial charge in [0.2, 0.25) is 0 Å². The fourth-order valence-corrected chi connectivity index (χ4v) is 3.59. The van der Waals surface area contributed by atoms with E-state index in [1.54, 1.807) is 14.0 Å². The van der Waals surface area contributed by atoms with Crippen LogP contribution in [-0.2, 0) is 4.79 Å². The summed E-state index contributed by atoms with van der Waals surface area (Å²) in [6.45, 7) is 9.34. The minimum atomic E-state index is 0.129. The summed E-state index contributed by atoms with van der Waals surface area (Å²) in [6.07, 6.45) is 0.844. The standard InChI is InChI=1S/C24H31NO4/c1-16(2)28-21-10-11-23(24(13-21)27-5)25-14-22(15-25)29-20-8-6-19(7-9-20)17(3)12-18(4)26/h6-11,13,16-17,22H,12,14-15H2,1-5H3/t17-/m1/s1. The molecule has 3 rings (SSSR count). The van der Waals surface area contributed by atoms with Gasteiger partial charge in [0.15, 0.2) is 0 Å². The van der Waals surface area contributed by atoms with Crippen molar-refractivity contribution in [3.63, 3.8) is 0 Å². The highest BCUT2D eigenvalue weighted by Crippen LogP contribution is 2.36. The highest BCUT2D eigenvalue weighted by Gasteiger charge is 2.30. The molecule has 0 aromatic heterocycles. The number of carbonyl (C=O) groups excluding carboxylic acids is 1. The molecule has 0 saturated carbocycles. The smallest absolute Gasteiger partial charge is 0.145 e. The summed E-state index contributed by atoms with van der Waals surface area (Å²) >= 11 is 0. The van der Waals surface area contributed by atoms with Crippen LogP contribution in [-0.4, -0.2) is 38.2 Å². The van der Waals surface area contributed by atoms with E-state index in [4.69, 9.17) is 14.2 Å². The van der Waals surface area contributed by atoms with Gasteiger partial charge in [-0.05, 0) is 56.5 Å². The van der Waals surface area contributed by atoms with Crippen molar-refractivity contribution < 1.29 is 19.0 Å². The number of hydrogen-bond acceptors (Lipinski definition) is 5. The minimum Gasteiger partial charge on any atom is -0.494 e. The molecule has 0 amide bonds. The second-order valence-corrected chi connectivity index (χ2v) is 8.02. The topological polar surface area (TPSA) is 48.0 Å². The van der Waals surface area contributed by atoms with Crippen molar-refractivity contribution in [3.05, 3.63) is 48.0 Å². The van der Waals surface area contributed by atoms with Crippen LogP contribution in [0.25, 0.3) is 0 Å². The van der Waals surface area contributed by atoms with E-state index in [0.29, 0.717) is 6.42 Å². The fourth-order valence-electron chi connectivity index (χ4n) is 3.59. The summed E-state index contributed by atoms with van der Waals surface area (Å²) in [5.74, 6) is 2.93. The monoisotopic (exact) mass is 397 g/mol. The maximum atomic E-state index is 11.3. The number of anilines is 1. The van der Waals surface area contributed by atoms with Crippen LogP contribution < -0.4 is 19.1 Å². The summed E-state index contributed by atoms with van der Waals surface area (Å²) in [5, 5.41) is 0. The fraction of sp³-hybridized carbons (Fsp3) is 0.458. The van der Waals surface area contributed by atoms with Crippen LogP contribution in [0.5, 0.6) is 17.2 Å². The Kier molecular flexibility index (Phi) is 6.68. The van der Waals surface area contributed by atoms with Gasteiger partial charge in [-0.25, -0.2) is 0 Å². The lowest BCUT2D eigenvalue weighted by Gasteiger charge is -2.41. The van der Waals surface area contributed by atoms with Gasteiger partial charge in [0.05, 0.1) is 32.0 Å². The molecule has 0 N–H and O–H groups in total. The van der Waals surface area contributed by atoms with E-state index in [9.17, 15) is 4.79 Å². The Labute approximate surface area is 173 Å². The van der Waals surface area contributed by atoms with E-state index >= 15 is 0 Å². The van der Waals surface area contributed by atoms with Gasteiger partial charge in [0, 0.05) is 12.5 Å². The van der Waals surface area contributed by atoms with Crippen molar-refractivity contribution in [2.45, 2.75) is 52.2 Å². The molecule has 0 aliphatic carbocycles. The molecule has 1 saturated heterocycles. The zero-order valence-corrected chi connectivity index (χ0v) is 18.0. The van der Waals surface area contributed by atoms with E-state index in [1.165, 1.54) is 0 Å². The zero-order valence-electron chi connectivity index (χ0n) is 18.0. The summed E-state index contributed by atoms with van der Waals surface area (Å²) in [4.78, 5) is 13.5. The second kappa shape index (κ2) is 9.21. The van der Waals surface area contributed by atoms with Crippen LogP contribution >= 0.6 is 0 Å². The molecular formula is C24H31NO4. The summed E-state index contributed by atoms with van der Waals surface area (Å²) in [5.41, 5.74) is 2.22. The molecule has 156 valence electrons. The first kappa shape index (κ1) is 21.0. The van der Waals surface area contributed by atoms with Crippen molar-refractivity contribution in [2.75, 3.05) is 25.1 Å². The lowest BCUT2D eigenvalue weighted by molar-refractivity contribution is -0.117. The number of benzene rings is 2. The predicted molar refractivity (Wildman–Crippen MR) is 116 cm³/mol. The first-order chi connectivity index (χ1) is 13.9. The first-order valence-corrected chi connectivity index (χ1v) is 10.2. The molecule has 1 heterocycles. The predicted octanol–water partition coefficient (Wildman–Crippen LogP) is 4.83. The van der Waals surface area contributed by atoms with Crippen molar-refractivity contribution in [1.82, 2.24) is 0 Å². The quantitative estimate of drug-likeness (QED) is 0.606. The Morgan fingerprint density at radius 1 is 1.07 bits per heavy atom. The molecule has 29 heavy (non-hydrogen) atoms. The van der Waals surface area contributed by atoms with Gasteiger partial charge in [-0.2, -0.15) is 0 Å². The van der Waals surface area contributed by atoms with Gasteiger partial charge < -0.3 is 23.9 Å². The highest BCUT2D eigenvalue weighted by atomic mass is 16.5. The number of rotatable bonds is 9. The average Bonchev–Trinajstić information content (AvgIpc) is 2.64. The van der Waals surface area contributed by atoms with Crippen LogP contribution in [0, 0.1) is 0 Å². The van der Waals surface area contributed by atoms with E-state index < -0.39 is 0 Å². The Bertz CT molecular complexity index is 825. The minimum absolute atomic E-state index is 0.129. The number of hydrogen-bond donors (Lipinski definition) is 0. The van der Waals surface area contributed by atoms with Crippen molar-refractivity contribution in [2.24, 2.45) is 0 Å². The average molecular weight is 398 g/mol. The van der Waals surface area contributed by atoms with E-state index in [1.807, 2.05) is 44.2 Å². The lowest BCUT2D eigenvalue weighted by Crippen LogP contribution is -2.54. The Hall–Kier alpha value is -2.69. The normalized spacial score (nSPS) is 15.0. The van der Waals surface area contributed by atoms with Crippen molar-refractivity contribution in [3.8, 4) is 17.2 Å². The van der Waals surface area contributed by atoms with Gasteiger partial charge >= 0.3 is 0 Å². The Morgan fingerprint density at radius 2 is 1.72 bits per heavy atom. The number of nitrogens with zero attached hydrogens (tertiary/aromatic N) is 1. The molecule has 5 nitrogen and oxygen atoms in total. The SMILES string of the molecule is COc1cc(OC(C)C)ccc1N1CC(Oc2ccc([C@H](C)CC(C)=O)cc2)C1. The van der Waals surface area contributed by atoms with Crippen LogP contribution in [0.15, 0.2) is 42.5 Å². The molecule has 0 radical (unpaired) electrons. The molecule has 2 aromatic carbocycles. The molecule has 1 aliphatic heterocycles. The third-order valence-corrected chi connectivity index (χ3v) is 5.06. The van der Waals surface area contributed by atoms with Crippen molar-refractivity contribution >= 4 is 11.5 Å². The van der Waals surface area contributed by atoms with Gasteiger partial charge in [0.25, 0.3) is 0 Å². The van der Waals surface area contributed by atoms with Crippen molar-refractivity contribution in [1.29, 1.82) is 0 Å². The van der Waals surface area contributed by atoms with Gasteiger partial charge in [-0.3, -0.25) is 0 Å². The number of ether oxygens (including phenoxy) is 3. The largest absolute Gasteiger partial charge is 0.494 e. The summed E-state index contributed by atoms with van der Waals surface area (Å²) in [6, 6.07) is 14.0. The first-order valence-electron chi connectivity index (χ1n) is 10.2. The van der Waals surface area contributed by atoms with Gasteiger partial charge in [-0.15, -0.1) is 0 Å². The molecule has 5 heteroatoms. The van der Waals surface area contributed by atoms with Crippen LogP contribution in [0.1, 0.15) is 45.6 Å². The van der Waals surface area contributed by atoms with E-state index in [0.717, 1.165) is 41.6 Å². The third-order valence-electron chi connectivity index (χ3n) is 5.06. The molecular weight excluding hydrogens is 366 g/mol. The molecule has 0 spiro atoms. The zero-order chi connectivity index (χ0) is 21.0. The Morgan fingerprint density at radius 3 is 2.31 bits per heavy atom. The second-order valence-electron chi connectivity index (χ2n) is 8.02. The van der Waals surface area contributed by atoms with E-state index in [2.05, 4.69) is 24.0 Å². The molecule has 1 aliphatic rings. The molecule has 1 atom stereocenters. The lowest BCUT2D eigenvalue weighted by atomic mass is 9.96. The van der Waals surface area contributed by atoms with Crippen LogP contribution in [0.3, 0.4) is 0 Å². The summed E-state index contributed by atoms with van der Waals surface area (Å²) in [7, 11) is 1.68. The van der Waals surface area contributed by atoms with E-state index in [-0.39, 0.29) is 23.9 Å². The number of carbonyl (C=O) groups is 1.